The molecule has 0 saturated heterocycles. The maximum absolute atomic E-state index is 6.35. The molecule has 4 atom stereocenters. The highest BCUT2D eigenvalue weighted by molar-refractivity contribution is 5.01. The standard InChI is InChI=1S/C14H26N2/c1-4-16(8-10(2)3)9-13-11-5-6-12(7-11)14(13)15/h11-14H,2,4-9,15H2,1,3H3. The first-order chi connectivity index (χ1) is 7.61. The van der Waals surface area contributed by atoms with E-state index in [1.165, 1.54) is 31.4 Å². The Hall–Kier alpha value is -0.340. The molecule has 2 rings (SSSR count). The number of hydrogen-bond acceptors (Lipinski definition) is 2. The van der Waals surface area contributed by atoms with E-state index in [1.54, 1.807) is 0 Å². The molecule has 0 aromatic heterocycles. The van der Waals surface area contributed by atoms with E-state index in [-0.39, 0.29) is 0 Å². The van der Waals surface area contributed by atoms with Crippen LogP contribution in [0.2, 0.25) is 0 Å². The fraction of sp³-hybridized carbons (Fsp3) is 0.857. The van der Waals surface area contributed by atoms with Crippen LogP contribution in [0.25, 0.3) is 0 Å². The lowest BCUT2D eigenvalue weighted by Crippen LogP contribution is -2.43. The highest BCUT2D eigenvalue weighted by atomic mass is 15.1. The molecular formula is C14H26N2. The summed E-state index contributed by atoms with van der Waals surface area (Å²) in [5, 5.41) is 0. The van der Waals surface area contributed by atoms with Crippen molar-refractivity contribution < 1.29 is 0 Å². The van der Waals surface area contributed by atoms with E-state index in [4.69, 9.17) is 5.73 Å². The van der Waals surface area contributed by atoms with Gasteiger partial charge in [0.25, 0.3) is 0 Å². The number of likely N-dealkylation sites (N-methyl/N-ethyl adjacent to an activating group) is 1. The first-order valence-corrected chi connectivity index (χ1v) is 6.74. The number of nitrogens with zero attached hydrogens (tertiary/aromatic N) is 1. The quantitative estimate of drug-likeness (QED) is 0.723. The van der Waals surface area contributed by atoms with Crippen LogP contribution in [0.3, 0.4) is 0 Å². The summed E-state index contributed by atoms with van der Waals surface area (Å²) in [4.78, 5) is 2.51. The van der Waals surface area contributed by atoms with Crippen LogP contribution in [0.4, 0.5) is 0 Å². The van der Waals surface area contributed by atoms with Crippen LogP contribution in [0, 0.1) is 17.8 Å². The van der Waals surface area contributed by atoms with Gasteiger partial charge < -0.3 is 5.73 Å². The summed E-state index contributed by atoms with van der Waals surface area (Å²) in [6.45, 7) is 11.7. The zero-order valence-corrected chi connectivity index (χ0v) is 10.8. The Morgan fingerprint density at radius 2 is 2.06 bits per heavy atom. The summed E-state index contributed by atoms with van der Waals surface area (Å²) >= 11 is 0. The van der Waals surface area contributed by atoms with Gasteiger partial charge in [-0.25, -0.2) is 0 Å². The third-order valence-corrected chi connectivity index (χ3v) is 4.57. The van der Waals surface area contributed by atoms with Gasteiger partial charge in [-0.3, -0.25) is 4.90 Å². The zero-order chi connectivity index (χ0) is 11.7. The van der Waals surface area contributed by atoms with E-state index in [1.807, 2.05) is 0 Å². The van der Waals surface area contributed by atoms with Gasteiger partial charge in [-0.2, -0.15) is 0 Å². The summed E-state index contributed by atoms with van der Waals surface area (Å²) in [5.41, 5.74) is 7.61. The molecule has 0 amide bonds. The summed E-state index contributed by atoms with van der Waals surface area (Å²) in [5.74, 6) is 2.50. The van der Waals surface area contributed by atoms with E-state index < -0.39 is 0 Å². The lowest BCUT2D eigenvalue weighted by molar-refractivity contribution is 0.189. The van der Waals surface area contributed by atoms with Crippen molar-refractivity contribution in [2.45, 2.75) is 39.2 Å². The molecule has 2 aliphatic carbocycles. The van der Waals surface area contributed by atoms with Gasteiger partial charge in [0.2, 0.25) is 0 Å². The maximum Gasteiger partial charge on any atom is 0.0187 e. The Balaban J connectivity index is 1.90. The molecular weight excluding hydrogens is 196 g/mol. The Labute approximate surface area is 99.9 Å². The highest BCUT2D eigenvalue weighted by Gasteiger charge is 2.45. The molecule has 0 spiro atoms. The Morgan fingerprint density at radius 1 is 1.38 bits per heavy atom. The Kier molecular flexibility index (Phi) is 3.70. The average molecular weight is 222 g/mol. The summed E-state index contributed by atoms with van der Waals surface area (Å²) in [7, 11) is 0. The molecule has 0 aromatic rings. The molecule has 2 bridgehead atoms. The maximum atomic E-state index is 6.35. The highest BCUT2D eigenvalue weighted by Crippen LogP contribution is 2.47. The Morgan fingerprint density at radius 3 is 2.56 bits per heavy atom. The molecule has 0 aromatic carbocycles. The van der Waals surface area contributed by atoms with Crippen molar-refractivity contribution in [2.24, 2.45) is 23.5 Å². The van der Waals surface area contributed by atoms with Crippen molar-refractivity contribution in [3.8, 4) is 0 Å². The van der Waals surface area contributed by atoms with Gasteiger partial charge in [-0.1, -0.05) is 19.1 Å². The van der Waals surface area contributed by atoms with Crippen LogP contribution in [0.15, 0.2) is 12.2 Å². The van der Waals surface area contributed by atoms with Crippen molar-refractivity contribution in [1.82, 2.24) is 4.90 Å². The molecule has 92 valence electrons. The molecule has 2 aliphatic rings. The average Bonchev–Trinajstić information content (AvgIpc) is 2.80. The predicted octanol–water partition coefficient (Wildman–Crippen LogP) is 2.26. The first-order valence-electron chi connectivity index (χ1n) is 6.74. The molecule has 2 heteroatoms. The molecule has 4 unspecified atom stereocenters. The number of hydrogen-bond donors (Lipinski definition) is 1. The van der Waals surface area contributed by atoms with E-state index in [2.05, 4.69) is 25.3 Å². The van der Waals surface area contributed by atoms with E-state index in [0.717, 1.165) is 30.8 Å². The van der Waals surface area contributed by atoms with Crippen LogP contribution in [-0.2, 0) is 0 Å². The molecule has 0 radical (unpaired) electrons. The van der Waals surface area contributed by atoms with Crippen LogP contribution < -0.4 is 5.73 Å². The SMILES string of the molecule is C=C(C)CN(CC)CC1C2CCC(C2)C1N. The zero-order valence-electron chi connectivity index (χ0n) is 10.8. The third-order valence-electron chi connectivity index (χ3n) is 4.57. The fourth-order valence-corrected chi connectivity index (χ4v) is 3.71. The van der Waals surface area contributed by atoms with Crippen molar-refractivity contribution in [3.63, 3.8) is 0 Å². The van der Waals surface area contributed by atoms with E-state index in [9.17, 15) is 0 Å². The first kappa shape index (κ1) is 12.1. The Bertz CT molecular complexity index is 259. The van der Waals surface area contributed by atoms with Gasteiger partial charge in [-0.15, -0.1) is 0 Å². The largest absolute Gasteiger partial charge is 0.327 e. The molecule has 2 nitrogen and oxygen atoms in total. The predicted molar refractivity (Wildman–Crippen MR) is 69.2 cm³/mol. The summed E-state index contributed by atoms with van der Waals surface area (Å²) in [6.07, 6.45) is 4.21. The lowest BCUT2D eigenvalue weighted by atomic mass is 9.84. The summed E-state index contributed by atoms with van der Waals surface area (Å²) in [6, 6.07) is 0.470. The van der Waals surface area contributed by atoms with Crippen LogP contribution in [0.5, 0.6) is 0 Å². The topological polar surface area (TPSA) is 29.3 Å². The van der Waals surface area contributed by atoms with Crippen LogP contribution in [0.1, 0.15) is 33.1 Å². The molecule has 2 N–H and O–H groups in total. The second-order valence-corrected chi connectivity index (χ2v) is 5.86. The minimum atomic E-state index is 0.470. The van der Waals surface area contributed by atoms with Crippen molar-refractivity contribution in [3.05, 3.63) is 12.2 Å². The second-order valence-electron chi connectivity index (χ2n) is 5.86. The number of fused-ring (bicyclic) bond motifs is 2. The normalized spacial score (nSPS) is 37.2. The number of nitrogens with two attached hydrogens (primary N) is 1. The minimum absolute atomic E-state index is 0.470. The lowest BCUT2D eigenvalue weighted by Gasteiger charge is -2.33. The monoisotopic (exact) mass is 222 g/mol. The smallest absolute Gasteiger partial charge is 0.0187 e. The second kappa shape index (κ2) is 4.89. The molecule has 0 aliphatic heterocycles. The number of rotatable bonds is 5. The van der Waals surface area contributed by atoms with Gasteiger partial charge in [0.15, 0.2) is 0 Å². The van der Waals surface area contributed by atoms with Crippen LogP contribution >= 0.6 is 0 Å². The minimum Gasteiger partial charge on any atom is -0.327 e. The molecule has 2 fully saturated rings. The van der Waals surface area contributed by atoms with Gasteiger partial charge in [-0.05, 0) is 50.5 Å². The van der Waals surface area contributed by atoms with Crippen molar-refractivity contribution in [1.29, 1.82) is 0 Å². The van der Waals surface area contributed by atoms with Crippen LogP contribution in [-0.4, -0.2) is 30.6 Å². The fourth-order valence-electron chi connectivity index (χ4n) is 3.71. The van der Waals surface area contributed by atoms with Gasteiger partial charge in [0.1, 0.15) is 0 Å². The van der Waals surface area contributed by atoms with E-state index >= 15 is 0 Å². The van der Waals surface area contributed by atoms with Gasteiger partial charge in [0.05, 0.1) is 0 Å². The molecule has 0 heterocycles. The van der Waals surface area contributed by atoms with Crippen molar-refractivity contribution in [2.75, 3.05) is 19.6 Å². The molecule has 16 heavy (non-hydrogen) atoms. The van der Waals surface area contributed by atoms with E-state index in [0.29, 0.717) is 6.04 Å². The summed E-state index contributed by atoms with van der Waals surface area (Å²) < 4.78 is 0. The van der Waals surface area contributed by atoms with Gasteiger partial charge >= 0.3 is 0 Å². The third kappa shape index (κ3) is 2.33. The molecule has 2 saturated carbocycles. The van der Waals surface area contributed by atoms with Crippen molar-refractivity contribution >= 4 is 0 Å². The van der Waals surface area contributed by atoms with Gasteiger partial charge in [0, 0.05) is 19.1 Å².